The molecule has 1 saturated carbocycles. The summed E-state index contributed by atoms with van der Waals surface area (Å²) in [5.74, 6) is 0.612. The lowest BCUT2D eigenvalue weighted by atomic mass is 10.1. The highest BCUT2D eigenvalue weighted by Crippen LogP contribution is 2.32. The molecule has 0 unspecified atom stereocenters. The van der Waals surface area contributed by atoms with Gasteiger partial charge in [0.1, 0.15) is 6.10 Å². The second-order valence-corrected chi connectivity index (χ2v) is 7.59. The van der Waals surface area contributed by atoms with Gasteiger partial charge in [0, 0.05) is 67.0 Å². The molecule has 1 saturated heterocycles. The van der Waals surface area contributed by atoms with E-state index in [1.54, 1.807) is 12.4 Å². The van der Waals surface area contributed by atoms with E-state index < -0.39 is 0 Å². The van der Waals surface area contributed by atoms with Gasteiger partial charge in [-0.05, 0) is 25.0 Å². The van der Waals surface area contributed by atoms with Crippen molar-refractivity contribution in [1.29, 1.82) is 0 Å². The first kappa shape index (κ1) is 17.1. The van der Waals surface area contributed by atoms with E-state index >= 15 is 0 Å². The summed E-state index contributed by atoms with van der Waals surface area (Å²) in [6.45, 7) is 1.53. The van der Waals surface area contributed by atoms with Crippen molar-refractivity contribution in [3.05, 3.63) is 48.9 Å². The van der Waals surface area contributed by atoms with Crippen molar-refractivity contribution >= 4 is 16.8 Å². The minimum Gasteiger partial charge on any atom is -0.460 e. The average Bonchev–Trinajstić information content (AvgIpc) is 3.59. The molecule has 28 heavy (non-hydrogen) atoms. The smallest absolute Gasteiger partial charge is 0.316 e. The summed E-state index contributed by atoms with van der Waals surface area (Å²) in [5, 5.41) is 1.09. The molecular formula is C22H22N4O2. The largest absolute Gasteiger partial charge is 0.460 e. The SMILES string of the molecule is O=C(C1CC1)N1CCC(Oc2ncc(-c3cnc4ccccc4c3)cn2)CC1. The van der Waals surface area contributed by atoms with E-state index in [2.05, 4.69) is 21.0 Å². The number of fused-ring (bicyclic) bond motifs is 1. The van der Waals surface area contributed by atoms with Crippen LogP contribution in [-0.4, -0.2) is 45.0 Å². The number of hydrogen-bond acceptors (Lipinski definition) is 5. The summed E-state index contributed by atoms with van der Waals surface area (Å²) >= 11 is 0. The molecule has 5 rings (SSSR count). The van der Waals surface area contributed by atoms with Crippen LogP contribution >= 0.6 is 0 Å². The van der Waals surface area contributed by atoms with Crippen molar-refractivity contribution in [2.24, 2.45) is 5.92 Å². The fraction of sp³-hybridized carbons (Fsp3) is 0.364. The Morgan fingerprint density at radius 1 is 0.929 bits per heavy atom. The zero-order valence-electron chi connectivity index (χ0n) is 15.6. The Hall–Kier alpha value is -3.02. The van der Waals surface area contributed by atoms with E-state index in [9.17, 15) is 4.79 Å². The molecule has 142 valence electrons. The van der Waals surface area contributed by atoms with Crippen molar-refractivity contribution in [1.82, 2.24) is 19.9 Å². The third kappa shape index (κ3) is 3.54. The van der Waals surface area contributed by atoms with Gasteiger partial charge >= 0.3 is 6.01 Å². The van der Waals surface area contributed by atoms with Crippen LogP contribution < -0.4 is 4.74 Å². The number of amides is 1. The van der Waals surface area contributed by atoms with Gasteiger partial charge < -0.3 is 9.64 Å². The number of aromatic nitrogens is 3. The van der Waals surface area contributed by atoms with Crippen molar-refractivity contribution in [3.8, 4) is 17.1 Å². The predicted molar refractivity (Wildman–Crippen MR) is 106 cm³/mol. The van der Waals surface area contributed by atoms with E-state index in [1.165, 1.54) is 0 Å². The van der Waals surface area contributed by atoms with Crippen molar-refractivity contribution in [3.63, 3.8) is 0 Å². The number of para-hydroxylation sites is 1. The molecule has 0 radical (unpaired) electrons. The Morgan fingerprint density at radius 3 is 2.39 bits per heavy atom. The molecule has 6 heteroatoms. The molecule has 3 heterocycles. The van der Waals surface area contributed by atoms with Crippen molar-refractivity contribution < 1.29 is 9.53 Å². The average molecular weight is 374 g/mol. The number of likely N-dealkylation sites (tertiary alicyclic amines) is 1. The molecule has 3 aromatic rings. The first-order valence-corrected chi connectivity index (χ1v) is 9.89. The van der Waals surface area contributed by atoms with Crippen LogP contribution in [0.25, 0.3) is 22.0 Å². The van der Waals surface area contributed by atoms with Crippen LogP contribution in [-0.2, 0) is 4.79 Å². The van der Waals surface area contributed by atoms with Crippen molar-refractivity contribution in [2.45, 2.75) is 31.8 Å². The van der Waals surface area contributed by atoms with Gasteiger partial charge in [0.05, 0.1) is 5.52 Å². The van der Waals surface area contributed by atoms with Crippen LogP contribution in [0.4, 0.5) is 0 Å². The highest BCUT2D eigenvalue weighted by atomic mass is 16.5. The zero-order chi connectivity index (χ0) is 18.9. The van der Waals surface area contributed by atoms with Crippen LogP contribution in [0, 0.1) is 5.92 Å². The summed E-state index contributed by atoms with van der Waals surface area (Å²) in [5.41, 5.74) is 2.87. The lowest BCUT2D eigenvalue weighted by Crippen LogP contribution is -2.42. The van der Waals surface area contributed by atoms with E-state index in [0.717, 1.165) is 60.8 Å². The summed E-state index contributed by atoms with van der Waals surface area (Å²) in [7, 11) is 0. The van der Waals surface area contributed by atoms with Gasteiger partial charge in [0.25, 0.3) is 0 Å². The summed E-state index contributed by atoms with van der Waals surface area (Å²) in [6, 6.07) is 10.5. The Balaban J connectivity index is 1.22. The normalized spacial score (nSPS) is 17.6. The van der Waals surface area contributed by atoms with Gasteiger partial charge in [-0.1, -0.05) is 18.2 Å². The molecule has 0 spiro atoms. The van der Waals surface area contributed by atoms with Crippen LogP contribution in [0.15, 0.2) is 48.9 Å². The van der Waals surface area contributed by atoms with Gasteiger partial charge in [0.15, 0.2) is 0 Å². The number of carbonyl (C=O) groups is 1. The second-order valence-electron chi connectivity index (χ2n) is 7.59. The van der Waals surface area contributed by atoms with Gasteiger partial charge in [0.2, 0.25) is 5.91 Å². The Bertz CT molecular complexity index is 993. The fourth-order valence-electron chi connectivity index (χ4n) is 3.69. The molecular weight excluding hydrogens is 352 g/mol. The third-order valence-corrected chi connectivity index (χ3v) is 5.50. The first-order valence-electron chi connectivity index (χ1n) is 9.89. The topological polar surface area (TPSA) is 68.2 Å². The minimum atomic E-state index is 0.0661. The molecule has 2 fully saturated rings. The lowest BCUT2D eigenvalue weighted by Gasteiger charge is -2.31. The maximum atomic E-state index is 12.1. The summed E-state index contributed by atoms with van der Waals surface area (Å²) in [6.07, 6.45) is 9.24. The number of hydrogen-bond donors (Lipinski definition) is 0. The molecule has 2 aliphatic rings. The number of carbonyl (C=O) groups excluding carboxylic acids is 1. The Labute approximate surface area is 163 Å². The third-order valence-electron chi connectivity index (χ3n) is 5.50. The van der Waals surface area contributed by atoms with Gasteiger partial charge in [-0.25, -0.2) is 9.97 Å². The molecule has 1 aliphatic heterocycles. The first-order chi connectivity index (χ1) is 13.8. The number of piperidine rings is 1. The van der Waals surface area contributed by atoms with Crippen LogP contribution in [0.2, 0.25) is 0 Å². The molecule has 0 bridgehead atoms. The highest BCUT2D eigenvalue weighted by molar-refractivity contribution is 5.83. The standard InChI is InChI=1S/C22H22N4O2/c27-21(15-5-6-15)26-9-7-19(8-10-26)28-22-24-13-18(14-25-22)17-11-16-3-1-2-4-20(16)23-12-17/h1-4,11-15,19H,5-10H2. The maximum Gasteiger partial charge on any atom is 0.316 e. The number of pyridine rings is 1. The van der Waals surface area contributed by atoms with Crippen LogP contribution in [0.3, 0.4) is 0 Å². The summed E-state index contributed by atoms with van der Waals surface area (Å²) in [4.78, 5) is 27.4. The number of nitrogens with zero attached hydrogens (tertiary/aromatic N) is 4. The van der Waals surface area contributed by atoms with Crippen LogP contribution in [0.5, 0.6) is 6.01 Å². The van der Waals surface area contributed by atoms with Crippen molar-refractivity contribution in [2.75, 3.05) is 13.1 Å². The zero-order valence-corrected chi connectivity index (χ0v) is 15.6. The molecule has 2 aromatic heterocycles. The quantitative estimate of drug-likeness (QED) is 0.699. The predicted octanol–water partition coefficient (Wildman–Crippen LogP) is 3.47. The molecule has 1 aliphatic carbocycles. The maximum absolute atomic E-state index is 12.1. The number of rotatable bonds is 4. The Kier molecular flexibility index (Phi) is 4.39. The number of benzene rings is 1. The van der Waals surface area contributed by atoms with Gasteiger partial charge in [-0.15, -0.1) is 0 Å². The van der Waals surface area contributed by atoms with Crippen LogP contribution in [0.1, 0.15) is 25.7 Å². The molecule has 1 aromatic carbocycles. The molecule has 6 nitrogen and oxygen atoms in total. The fourth-order valence-corrected chi connectivity index (χ4v) is 3.69. The monoisotopic (exact) mass is 374 g/mol. The Morgan fingerprint density at radius 2 is 1.64 bits per heavy atom. The van der Waals surface area contributed by atoms with E-state index in [-0.39, 0.29) is 12.0 Å². The van der Waals surface area contributed by atoms with Gasteiger partial charge in [-0.2, -0.15) is 0 Å². The number of ether oxygens (including phenoxy) is 1. The van der Waals surface area contributed by atoms with E-state index in [1.807, 2.05) is 35.4 Å². The molecule has 1 amide bonds. The highest BCUT2D eigenvalue weighted by Gasteiger charge is 2.35. The van der Waals surface area contributed by atoms with Gasteiger partial charge in [-0.3, -0.25) is 9.78 Å². The lowest BCUT2D eigenvalue weighted by molar-refractivity contribution is -0.134. The molecule has 0 atom stereocenters. The second kappa shape index (κ2) is 7.19. The minimum absolute atomic E-state index is 0.0661. The molecule has 0 N–H and O–H groups in total. The summed E-state index contributed by atoms with van der Waals surface area (Å²) < 4.78 is 5.94. The van der Waals surface area contributed by atoms with E-state index in [0.29, 0.717) is 11.9 Å². The van der Waals surface area contributed by atoms with E-state index in [4.69, 9.17) is 4.74 Å².